The van der Waals surface area contributed by atoms with Crippen molar-refractivity contribution in [2.75, 3.05) is 11.5 Å². The van der Waals surface area contributed by atoms with Crippen molar-refractivity contribution in [1.82, 2.24) is 9.36 Å². The third kappa shape index (κ3) is 2.25. The molecule has 1 aliphatic carbocycles. The Hall–Kier alpha value is 0.260. The predicted molar refractivity (Wildman–Crippen MR) is 65.5 cm³/mol. The molecule has 2 nitrogen and oxygen atoms in total. The van der Waals surface area contributed by atoms with Gasteiger partial charge in [-0.2, -0.15) is 17.0 Å². The number of thioether (sulfide) groups is 1. The van der Waals surface area contributed by atoms with Crippen LogP contribution in [-0.4, -0.2) is 20.9 Å². The second-order valence-electron chi connectivity index (χ2n) is 3.91. The number of hydrogen-bond acceptors (Lipinski definition) is 5. The summed E-state index contributed by atoms with van der Waals surface area (Å²) < 4.78 is 5.28. The van der Waals surface area contributed by atoms with Gasteiger partial charge in [-0.05, 0) is 42.5 Å². The lowest BCUT2D eigenvalue weighted by Crippen LogP contribution is -2.33. The van der Waals surface area contributed by atoms with E-state index in [1.165, 1.54) is 30.8 Å². The number of hydrogen-bond donors (Lipinski definition) is 1. The molecule has 5 heteroatoms. The van der Waals surface area contributed by atoms with Crippen LogP contribution >= 0.6 is 35.9 Å². The van der Waals surface area contributed by atoms with Crippen molar-refractivity contribution in [2.45, 2.75) is 30.5 Å². The van der Waals surface area contributed by atoms with Crippen LogP contribution in [-0.2, 0) is 0 Å². The van der Waals surface area contributed by atoms with Gasteiger partial charge in [-0.15, -0.1) is 0 Å². The molecule has 0 bridgehead atoms. The van der Waals surface area contributed by atoms with Crippen molar-refractivity contribution in [3.8, 4) is 0 Å². The number of aryl methyl sites for hydroxylation is 1. The second kappa shape index (κ2) is 4.41. The second-order valence-corrected chi connectivity index (χ2v) is 6.20. The van der Waals surface area contributed by atoms with Gasteiger partial charge in [0, 0.05) is 5.75 Å². The Kier molecular flexibility index (Phi) is 3.39. The quantitative estimate of drug-likeness (QED) is 0.653. The van der Waals surface area contributed by atoms with Crippen LogP contribution in [0.2, 0.25) is 0 Å². The largest absolute Gasteiger partial charge is 0.213 e. The molecule has 0 atom stereocenters. The summed E-state index contributed by atoms with van der Waals surface area (Å²) >= 11 is 7.80. The zero-order valence-electron chi connectivity index (χ0n) is 8.19. The Bertz CT molecular complexity index is 301. The Morgan fingerprint density at radius 3 is 2.79 bits per heavy atom. The van der Waals surface area contributed by atoms with Gasteiger partial charge in [-0.3, -0.25) is 0 Å². The van der Waals surface area contributed by atoms with Crippen LogP contribution < -0.4 is 0 Å². The smallest absolute Gasteiger partial charge is 0.170 e. The van der Waals surface area contributed by atoms with Crippen LogP contribution in [0.5, 0.6) is 0 Å². The van der Waals surface area contributed by atoms with E-state index >= 15 is 0 Å². The maximum absolute atomic E-state index is 4.44. The summed E-state index contributed by atoms with van der Waals surface area (Å²) in [6.45, 7) is 1.94. The third-order valence-corrected chi connectivity index (χ3v) is 5.71. The molecule has 0 spiro atoms. The number of aromatic nitrogens is 2. The molecule has 0 amide bonds. The van der Waals surface area contributed by atoms with E-state index in [4.69, 9.17) is 0 Å². The first kappa shape index (κ1) is 10.8. The first-order chi connectivity index (χ1) is 6.74. The fourth-order valence-electron chi connectivity index (χ4n) is 1.58. The van der Waals surface area contributed by atoms with Gasteiger partial charge in [0.15, 0.2) is 4.34 Å². The molecule has 1 heterocycles. The molecule has 2 rings (SSSR count). The van der Waals surface area contributed by atoms with Crippen molar-refractivity contribution in [3.63, 3.8) is 0 Å². The third-order valence-electron chi connectivity index (χ3n) is 2.76. The van der Waals surface area contributed by atoms with E-state index in [2.05, 4.69) is 22.0 Å². The van der Waals surface area contributed by atoms with E-state index < -0.39 is 0 Å². The number of rotatable bonds is 4. The highest BCUT2D eigenvalue weighted by Gasteiger charge is 2.35. The van der Waals surface area contributed by atoms with E-state index in [1.807, 2.05) is 18.7 Å². The van der Waals surface area contributed by atoms with Gasteiger partial charge >= 0.3 is 0 Å². The zero-order valence-corrected chi connectivity index (χ0v) is 10.7. The molecule has 1 aromatic rings. The summed E-state index contributed by atoms with van der Waals surface area (Å²) in [5.74, 6) is 3.06. The SMILES string of the molecule is Cc1nsc(SCC2(CS)CCC2)n1. The van der Waals surface area contributed by atoms with Gasteiger partial charge in [-0.1, -0.05) is 18.2 Å². The fraction of sp³-hybridized carbons (Fsp3) is 0.778. The molecule has 1 aromatic heterocycles. The van der Waals surface area contributed by atoms with Gasteiger partial charge in [0.1, 0.15) is 5.82 Å². The Labute approximate surface area is 98.5 Å². The minimum atomic E-state index is 0.493. The topological polar surface area (TPSA) is 25.8 Å². The molecule has 1 saturated carbocycles. The average molecular weight is 246 g/mol. The molecule has 1 fully saturated rings. The van der Waals surface area contributed by atoms with Crippen molar-refractivity contribution in [3.05, 3.63) is 5.82 Å². The molecular formula is C9H14N2S3. The van der Waals surface area contributed by atoms with Gasteiger partial charge < -0.3 is 0 Å². The van der Waals surface area contributed by atoms with E-state index in [0.717, 1.165) is 21.7 Å². The monoisotopic (exact) mass is 246 g/mol. The summed E-state index contributed by atoms with van der Waals surface area (Å²) in [7, 11) is 0. The predicted octanol–water partition coefficient (Wildman–Crippen LogP) is 3.04. The summed E-state index contributed by atoms with van der Waals surface area (Å²) in [6.07, 6.45) is 4.04. The molecule has 0 radical (unpaired) electrons. The molecular weight excluding hydrogens is 232 g/mol. The van der Waals surface area contributed by atoms with Gasteiger partial charge in [0.25, 0.3) is 0 Å². The fourth-order valence-corrected chi connectivity index (χ4v) is 4.10. The highest BCUT2D eigenvalue weighted by atomic mass is 32.2. The highest BCUT2D eigenvalue weighted by molar-refractivity contribution is 8.01. The molecule has 0 N–H and O–H groups in total. The van der Waals surface area contributed by atoms with Crippen molar-refractivity contribution >= 4 is 35.9 Å². The number of thiol groups is 1. The minimum Gasteiger partial charge on any atom is -0.213 e. The van der Waals surface area contributed by atoms with Crippen LogP contribution in [0.15, 0.2) is 4.34 Å². The normalized spacial score (nSPS) is 19.3. The average Bonchev–Trinajstić information content (AvgIpc) is 2.50. The van der Waals surface area contributed by atoms with Gasteiger partial charge in [0.2, 0.25) is 0 Å². The van der Waals surface area contributed by atoms with E-state index in [0.29, 0.717) is 5.41 Å². The lowest BCUT2D eigenvalue weighted by atomic mass is 9.72. The van der Waals surface area contributed by atoms with Crippen molar-refractivity contribution < 1.29 is 0 Å². The first-order valence-electron chi connectivity index (χ1n) is 4.78. The lowest BCUT2D eigenvalue weighted by Gasteiger charge is -2.40. The Balaban J connectivity index is 1.87. The van der Waals surface area contributed by atoms with Crippen LogP contribution in [0.1, 0.15) is 25.1 Å². The molecule has 0 saturated heterocycles. The van der Waals surface area contributed by atoms with Crippen molar-refractivity contribution in [2.24, 2.45) is 5.41 Å². The van der Waals surface area contributed by atoms with Gasteiger partial charge in [-0.25, -0.2) is 4.98 Å². The molecule has 0 unspecified atom stereocenters. The highest BCUT2D eigenvalue weighted by Crippen LogP contribution is 2.45. The van der Waals surface area contributed by atoms with Crippen molar-refractivity contribution in [1.29, 1.82) is 0 Å². The summed E-state index contributed by atoms with van der Waals surface area (Å²) in [5.41, 5.74) is 0.493. The van der Waals surface area contributed by atoms with Crippen LogP contribution in [0.25, 0.3) is 0 Å². The standard InChI is InChI=1S/C9H14N2S3/c1-7-10-8(14-11-7)13-6-9(5-12)3-2-4-9/h12H,2-6H2,1H3. The maximum atomic E-state index is 4.44. The van der Waals surface area contributed by atoms with E-state index in [1.54, 1.807) is 0 Å². The lowest BCUT2D eigenvalue weighted by molar-refractivity contribution is 0.205. The van der Waals surface area contributed by atoms with Crippen LogP contribution in [0.4, 0.5) is 0 Å². The maximum Gasteiger partial charge on any atom is 0.170 e. The molecule has 0 aromatic carbocycles. The first-order valence-corrected chi connectivity index (χ1v) is 7.17. The Morgan fingerprint density at radius 1 is 1.57 bits per heavy atom. The molecule has 0 aliphatic heterocycles. The minimum absolute atomic E-state index is 0.493. The Morgan fingerprint density at radius 2 is 2.36 bits per heavy atom. The summed E-state index contributed by atoms with van der Waals surface area (Å²) in [5, 5.41) is 0. The van der Waals surface area contributed by atoms with E-state index in [9.17, 15) is 0 Å². The molecule has 1 aliphatic rings. The summed E-state index contributed by atoms with van der Waals surface area (Å²) in [4.78, 5) is 4.35. The van der Waals surface area contributed by atoms with Crippen LogP contribution in [0, 0.1) is 12.3 Å². The summed E-state index contributed by atoms with van der Waals surface area (Å²) in [6, 6.07) is 0. The van der Waals surface area contributed by atoms with E-state index in [-0.39, 0.29) is 0 Å². The zero-order chi connectivity index (χ0) is 10.0. The number of nitrogens with zero attached hydrogens (tertiary/aromatic N) is 2. The molecule has 14 heavy (non-hydrogen) atoms. The van der Waals surface area contributed by atoms with Crippen LogP contribution in [0.3, 0.4) is 0 Å². The molecule has 78 valence electrons. The van der Waals surface area contributed by atoms with Gasteiger partial charge in [0.05, 0.1) is 0 Å².